The first-order chi connectivity index (χ1) is 8.28. The van der Waals surface area contributed by atoms with Crippen molar-refractivity contribution in [3.05, 3.63) is 17.5 Å². The summed E-state index contributed by atoms with van der Waals surface area (Å²) in [6.07, 6.45) is 1.40. The van der Waals surface area contributed by atoms with Gasteiger partial charge in [-0.2, -0.15) is 4.98 Å². The molecule has 2 rings (SSSR count). The summed E-state index contributed by atoms with van der Waals surface area (Å²) in [5.41, 5.74) is 0. The van der Waals surface area contributed by atoms with Gasteiger partial charge < -0.3 is 0 Å². The highest BCUT2D eigenvalue weighted by Gasteiger charge is 2.37. The zero-order valence-corrected chi connectivity index (χ0v) is 11.5. The minimum Gasteiger partial charge on any atom is -0.267 e. The molecule has 1 saturated heterocycles. The summed E-state index contributed by atoms with van der Waals surface area (Å²) in [6.45, 7) is 0. The van der Waals surface area contributed by atoms with Crippen molar-refractivity contribution in [3.8, 4) is 0 Å². The van der Waals surface area contributed by atoms with Crippen molar-refractivity contribution in [1.29, 1.82) is 0 Å². The number of aromatic nitrogens is 2. The predicted octanol–water partition coefficient (Wildman–Crippen LogP) is 0.0588. The fourth-order valence-electron chi connectivity index (χ4n) is 1.63. The Morgan fingerprint density at radius 2 is 2.17 bits per heavy atom. The largest absolute Gasteiger partial charge is 0.267 e. The first kappa shape index (κ1) is 13.5. The summed E-state index contributed by atoms with van der Waals surface area (Å²) in [4.78, 5) is 7.29. The van der Waals surface area contributed by atoms with E-state index in [1.807, 2.05) is 0 Å². The minimum absolute atomic E-state index is 0.0271. The average molecular weight is 312 g/mol. The molecule has 0 spiro atoms. The van der Waals surface area contributed by atoms with Gasteiger partial charge in [0, 0.05) is 6.20 Å². The lowest BCUT2D eigenvalue weighted by atomic mass is 10.4. The molecule has 10 heteroatoms. The molecule has 1 aliphatic heterocycles. The van der Waals surface area contributed by atoms with E-state index in [0.717, 1.165) is 0 Å². The maximum atomic E-state index is 11.9. The van der Waals surface area contributed by atoms with Crippen LogP contribution in [0.5, 0.6) is 0 Å². The second-order valence-electron chi connectivity index (χ2n) is 3.88. The lowest BCUT2D eigenvalue weighted by Gasteiger charge is -2.11. The molecule has 0 aromatic carbocycles. The molecule has 1 aromatic heterocycles. The van der Waals surface area contributed by atoms with Crippen LogP contribution in [-0.2, 0) is 19.9 Å². The number of nitrogens with zero attached hydrogens (tertiary/aromatic N) is 2. The molecule has 18 heavy (non-hydrogen) atoms. The van der Waals surface area contributed by atoms with Crippen LogP contribution in [0.4, 0.5) is 5.82 Å². The lowest BCUT2D eigenvalue weighted by Crippen LogP contribution is -2.29. The van der Waals surface area contributed by atoms with Gasteiger partial charge in [0.1, 0.15) is 5.82 Å². The summed E-state index contributed by atoms with van der Waals surface area (Å²) < 4.78 is 48.6. The normalized spacial score (nSPS) is 22.8. The summed E-state index contributed by atoms with van der Waals surface area (Å²) >= 11 is 5.53. The van der Waals surface area contributed by atoms with E-state index in [0.29, 0.717) is 0 Å². The van der Waals surface area contributed by atoms with Gasteiger partial charge in [0.25, 0.3) is 0 Å². The highest BCUT2D eigenvalue weighted by Crippen LogP contribution is 2.20. The smallest absolute Gasteiger partial charge is 0.237 e. The molecule has 1 N–H and O–H groups in total. The van der Waals surface area contributed by atoms with E-state index in [4.69, 9.17) is 11.6 Å². The molecule has 1 aliphatic rings. The fraction of sp³-hybridized carbons (Fsp3) is 0.500. The van der Waals surface area contributed by atoms with E-state index in [1.54, 1.807) is 0 Å². The van der Waals surface area contributed by atoms with Gasteiger partial charge in [0.05, 0.1) is 16.8 Å². The predicted molar refractivity (Wildman–Crippen MR) is 66.6 cm³/mol. The van der Waals surface area contributed by atoms with Crippen molar-refractivity contribution < 1.29 is 16.8 Å². The Hall–Kier alpha value is -0.930. The second kappa shape index (κ2) is 4.63. The molecular weight excluding hydrogens is 302 g/mol. The molecule has 0 amide bonds. The van der Waals surface area contributed by atoms with Crippen LogP contribution in [0.15, 0.2) is 12.3 Å². The van der Waals surface area contributed by atoms with Gasteiger partial charge in [-0.3, -0.25) is 4.72 Å². The number of hydrogen-bond donors (Lipinski definition) is 1. The SMILES string of the molecule is O=S1(=O)CCC(S(=O)(=O)Nc2ccnc(Cl)n2)C1. The highest BCUT2D eigenvalue weighted by atomic mass is 35.5. The van der Waals surface area contributed by atoms with Crippen LogP contribution in [0.2, 0.25) is 5.28 Å². The Balaban J connectivity index is 2.18. The Morgan fingerprint density at radius 3 is 2.72 bits per heavy atom. The molecule has 0 aliphatic carbocycles. The van der Waals surface area contributed by atoms with Crippen LogP contribution in [-0.4, -0.2) is 43.6 Å². The van der Waals surface area contributed by atoms with Gasteiger partial charge in [-0.1, -0.05) is 0 Å². The van der Waals surface area contributed by atoms with E-state index < -0.39 is 25.1 Å². The molecule has 0 bridgehead atoms. The second-order valence-corrected chi connectivity index (χ2v) is 8.41. The number of halogens is 1. The van der Waals surface area contributed by atoms with Gasteiger partial charge in [-0.15, -0.1) is 0 Å². The first-order valence-corrected chi connectivity index (χ1v) is 8.74. The van der Waals surface area contributed by atoms with Crippen LogP contribution in [0.3, 0.4) is 0 Å². The molecule has 1 unspecified atom stereocenters. The quantitative estimate of drug-likeness (QED) is 0.791. The number of rotatable bonds is 3. The Morgan fingerprint density at radius 1 is 1.44 bits per heavy atom. The topological polar surface area (TPSA) is 106 Å². The van der Waals surface area contributed by atoms with Crippen molar-refractivity contribution in [2.45, 2.75) is 11.7 Å². The number of nitrogens with one attached hydrogen (secondary N) is 1. The maximum Gasteiger partial charge on any atom is 0.237 e. The van der Waals surface area contributed by atoms with Gasteiger partial charge in [0.2, 0.25) is 15.3 Å². The Bertz CT molecular complexity index is 659. The summed E-state index contributed by atoms with van der Waals surface area (Å²) in [5.74, 6) is -0.441. The Kier molecular flexibility index (Phi) is 3.47. The number of hydrogen-bond acceptors (Lipinski definition) is 6. The number of anilines is 1. The van der Waals surface area contributed by atoms with Crippen molar-refractivity contribution in [1.82, 2.24) is 9.97 Å². The van der Waals surface area contributed by atoms with Crippen LogP contribution in [0, 0.1) is 0 Å². The summed E-state index contributed by atoms with van der Waals surface area (Å²) in [5, 5.41) is -1.04. The summed E-state index contributed by atoms with van der Waals surface area (Å²) in [6, 6.07) is 1.34. The van der Waals surface area contributed by atoms with Crippen LogP contribution in [0.1, 0.15) is 6.42 Å². The molecule has 2 heterocycles. The lowest BCUT2D eigenvalue weighted by molar-refractivity contribution is 0.587. The van der Waals surface area contributed by atoms with Gasteiger partial charge in [-0.05, 0) is 24.1 Å². The monoisotopic (exact) mass is 311 g/mol. The molecule has 0 radical (unpaired) electrons. The average Bonchev–Trinajstić information content (AvgIpc) is 2.59. The standard InChI is InChI=1S/C8H10ClN3O4S2/c9-8-10-3-1-7(11-8)12-18(15,16)6-2-4-17(13,14)5-6/h1,3,6H,2,4-5H2,(H,10,11,12). The number of sulfone groups is 1. The zero-order valence-electron chi connectivity index (χ0n) is 9.08. The molecule has 1 aromatic rings. The van der Waals surface area contributed by atoms with Gasteiger partial charge in [0.15, 0.2) is 9.84 Å². The highest BCUT2D eigenvalue weighted by molar-refractivity contribution is 7.97. The molecular formula is C8H10ClN3O4S2. The van der Waals surface area contributed by atoms with Crippen molar-refractivity contribution in [2.75, 3.05) is 16.2 Å². The first-order valence-electron chi connectivity index (χ1n) is 4.99. The van der Waals surface area contributed by atoms with Crippen molar-refractivity contribution in [2.24, 2.45) is 0 Å². The Labute approximate surface area is 110 Å². The number of sulfonamides is 1. The van der Waals surface area contributed by atoms with E-state index in [2.05, 4.69) is 14.7 Å². The van der Waals surface area contributed by atoms with Crippen LogP contribution in [0.25, 0.3) is 0 Å². The minimum atomic E-state index is -3.78. The zero-order chi connectivity index (χ0) is 13.4. The van der Waals surface area contributed by atoms with Gasteiger partial charge >= 0.3 is 0 Å². The van der Waals surface area contributed by atoms with E-state index in [-0.39, 0.29) is 29.0 Å². The molecule has 7 nitrogen and oxygen atoms in total. The van der Waals surface area contributed by atoms with Crippen molar-refractivity contribution >= 4 is 37.3 Å². The van der Waals surface area contributed by atoms with Gasteiger partial charge in [-0.25, -0.2) is 21.8 Å². The van der Waals surface area contributed by atoms with E-state index >= 15 is 0 Å². The molecule has 1 fully saturated rings. The third-order valence-corrected chi connectivity index (χ3v) is 6.44. The molecule has 1 atom stereocenters. The van der Waals surface area contributed by atoms with Crippen molar-refractivity contribution in [3.63, 3.8) is 0 Å². The van der Waals surface area contributed by atoms with E-state index in [9.17, 15) is 16.8 Å². The van der Waals surface area contributed by atoms with E-state index in [1.165, 1.54) is 12.3 Å². The third kappa shape index (κ3) is 3.09. The molecule has 0 saturated carbocycles. The van der Waals surface area contributed by atoms with Crippen LogP contribution >= 0.6 is 11.6 Å². The molecule has 100 valence electrons. The fourth-order valence-corrected chi connectivity index (χ4v) is 5.81. The van der Waals surface area contributed by atoms with Crippen LogP contribution < -0.4 is 4.72 Å². The summed E-state index contributed by atoms with van der Waals surface area (Å²) in [7, 11) is -7.04. The maximum absolute atomic E-state index is 11.9. The third-order valence-electron chi connectivity index (χ3n) is 2.50.